The molecule has 0 aromatic heterocycles. The van der Waals surface area contributed by atoms with Crippen molar-refractivity contribution in [2.24, 2.45) is 0 Å². The van der Waals surface area contributed by atoms with Crippen LogP contribution in [0.25, 0.3) is 0 Å². The van der Waals surface area contributed by atoms with Crippen LogP contribution in [0.1, 0.15) is 12.5 Å². The lowest BCUT2D eigenvalue weighted by Gasteiger charge is -2.08. The number of halogens is 3. The average Bonchev–Trinajstić information content (AvgIpc) is 2.42. The summed E-state index contributed by atoms with van der Waals surface area (Å²) in [5.41, 5.74) is 0.984. The number of hydrogen-bond donors (Lipinski definition) is 1. The number of nitrogens with one attached hydrogen (secondary N) is 1. The first kappa shape index (κ1) is 15.3. The Morgan fingerprint density at radius 3 is 2.65 bits per heavy atom. The minimum absolute atomic E-state index is 0.250. The van der Waals surface area contributed by atoms with Crippen molar-refractivity contribution in [1.82, 2.24) is 5.32 Å². The van der Waals surface area contributed by atoms with Gasteiger partial charge in [-0.25, -0.2) is 8.78 Å². The smallest absolute Gasteiger partial charge is 0.137 e. The van der Waals surface area contributed by atoms with Gasteiger partial charge in [0.2, 0.25) is 0 Å². The molecule has 0 heterocycles. The van der Waals surface area contributed by atoms with Crippen molar-refractivity contribution >= 4 is 23.4 Å². The summed E-state index contributed by atoms with van der Waals surface area (Å²) in [7, 11) is 0. The van der Waals surface area contributed by atoms with Gasteiger partial charge in [0.25, 0.3) is 0 Å². The second kappa shape index (κ2) is 7.07. The first-order valence-corrected chi connectivity index (χ1v) is 7.41. The molecular formula is C15H14ClF2NS. The highest BCUT2D eigenvalue weighted by atomic mass is 35.5. The number of hydrogen-bond acceptors (Lipinski definition) is 2. The van der Waals surface area contributed by atoms with Crippen LogP contribution in [0.2, 0.25) is 5.02 Å². The van der Waals surface area contributed by atoms with Gasteiger partial charge in [-0.05, 0) is 42.4 Å². The summed E-state index contributed by atoms with van der Waals surface area (Å²) in [4.78, 5) is 1.03. The summed E-state index contributed by atoms with van der Waals surface area (Å²) in [6, 6.07) is 8.92. The van der Waals surface area contributed by atoms with Crippen molar-refractivity contribution in [3.05, 3.63) is 58.6 Å². The predicted octanol–water partition coefficient (Wildman–Crippen LogP) is 4.88. The van der Waals surface area contributed by atoms with Crippen LogP contribution in [0, 0.1) is 11.6 Å². The van der Waals surface area contributed by atoms with E-state index in [1.54, 1.807) is 6.07 Å². The van der Waals surface area contributed by atoms with Crippen LogP contribution in [0.5, 0.6) is 0 Å². The molecule has 0 aliphatic rings. The summed E-state index contributed by atoms with van der Waals surface area (Å²) in [5.74, 6) is -0.895. The molecule has 0 fully saturated rings. The Morgan fingerprint density at radius 1 is 1.15 bits per heavy atom. The largest absolute Gasteiger partial charge is 0.313 e. The van der Waals surface area contributed by atoms with E-state index in [1.807, 2.05) is 19.1 Å². The fraction of sp³-hybridized carbons (Fsp3) is 0.200. The topological polar surface area (TPSA) is 12.0 Å². The maximum atomic E-state index is 13.6. The maximum absolute atomic E-state index is 13.6. The highest BCUT2D eigenvalue weighted by Gasteiger charge is 2.08. The molecular weight excluding hydrogens is 300 g/mol. The summed E-state index contributed by atoms with van der Waals surface area (Å²) in [6.07, 6.45) is 0. The van der Waals surface area contributed by atoms with Gasteiger partial charge in [-0.1, -0.05) is 36.4 Å². The summed E-state index contributed by atoms with van der Waals surface area (Å²) < 4.78 is 26.7. The van der Waals surface area contributed by atoms with Crippen LogP contribution in [-0.4, -0.2) is 6.54 Å². The molecule has 106 valence electrons. The van der Waals surface area contributed by atoms with Gasteiger partial charge in [-0.2, -0.15) is 0 Å². The van der Waals surface area contributed by atoms with E-state index in [2.05, 4.69) is 5.32 Å². The maximum Gasteiger partial charge on any atom is 0.137 e. The minimum Gasteiger partial charge on any atom is -0.313 e. The van der Waals surface area contributed by atoms with Gasteiger partial charge in [0.05, 0.1) is 4.90 Å². The lowest BCUT2D eigenvalue weighted by Crippen LogP contribution is -2.11. The molecule has 0 bridgehead atoms. The van der Waals surface area contributed by atoms with E-state index in [0.29, 0.717) is 11.6 Å². The molecule has 1 N–H and O–H groups in total. The molecule has 0 amide bonds. The molecule has 1 nitrogen and oxygen atoms in total. The Hall–Kier alpha value is -1.10. The van der Waals surface area contributed by atoms with Crippen LogP contribution < -0.4 is 5.32 Å². The Bertz CT molecular complexity index is 604. The van der Waals surface area contributed by atoms with Crippen molar-refractivity contribution in [1.29, 1.82) is 0 Å². The monoisotopic (exact) mass is 313 g/mol. The Labute approximate surface area is 126 Å². The van der Waals surface area contributed by atoms with Gasteiger partial charge >= 0.3 is 0 Å². The lowest BCUT2D eigenvalue weighted by molar-refractivity contribution is 0.577. The molecule has 0 radical (unpaired) electrons. The average molecular weight is 314 g/mol. The van der Waals surface area contributed by atoms with E-state index in [0.717, 1.165) is 40.9 Å². The molecule has 0 aliphatic heterocycles. The fourth-order valence-electron chi connectivity index (χ4n) is 1.68. The van der Waals surface area contributed by atoms with Gasteiger partial charge in [0, 0.05) is 16.5 Å². The van der Waals surface area contributed by atoms with Gasteiger partial charge in [-0.15, -0.1) is 0 Å². The third-order valence-electron chi connectivity index (χ3n) is 2.71. The van der Waals surface area contributed by atoms with E-state index >= 15 is 0 Å². The van der Waals surface area contributed by atoms with Crippen molar-refractivity contribution in [3.8, 4) is 0 Å². The molecule has 0 unspecified atom stereocenters. The molecule has 0 atom stereocenters. The second-order valence-electron chi connectivity index (χ2n) is 4.21. The predicted molar refractivity (Wildman–Crippen MR) is 79.3 cm³/mol. The van der Waals surface area contributed by atoms with Crippen molar-refractivity contribution in [2.75, 3.05) is 6.54 Å². The molecule has 0 spiro atoms. The standard InChI is InChI=1S/C15H14ClF2NS/c1-2-19-9-10-3-5-12(8-13(10)16)20-15-7-11(17)4-6-14(15)18/h3-8,19H,2,9H2,1H3. The van der Waals surface area contributed by atoms with Crippen LogP contribution in [0.15, 0.2) is 46.2 Å². The molecule has 2 rings (SSSR count). The summed E-state index contributed by atoms with van der Waals surface area (Å²) in [6.45, 7) is 3.57. The minimum atomic E-state index is -0.455. The second-order valence-corrected chi connectivity index (χ2v) is 5.73. The van der Waals surface area contributed by atoms with E-state index in [4.69, 9.17) is 11.6 Å². The van der Waals surface area contributed by atoms with E-state index in [1.165, 1.54) is 6.07 Å². The Balaban J connectivity index is 2.17. The molecule has 5 heteroatoms. The highest BCUT2D eigenvalue weighted by molar-refractivity contribution is 7.99. The van der Waals surface area contributed by atoms with Crippen LogP contribution in [-0.2, 0) is 6.54 Å². The van der Waals surface area contributed by atoms with Crippen LogP contribution in [0.3, 0.4) is 0 Å². The zero-order chi connectivity index (χ0) is 14.5. The first-order valence-electron chi connectivity index (χ1n) is 6.22. The van der Waals surface area contributed by atoms with Crippen molar-refractivity contribution < 1.29 is 8.78 Å². The summed E-state index contributed by atoms with van der Waals surface area (Å²) >= 11 is 7.34. The molecule has 0 saturated carbocycles. The Kier molecular flexibility index (Phi) is 5.40. The van der Waals surface area contributed by atoms with Crippen molar-refractivity contribution in [3.63, 3.8) is 0 Å². The van der Waals surface area contributed by atoms with Gasteiger partial charge < -0.3 is 5.32 Å². The van der Waals surface area contributed by atoms with Crippen molar-refractivity contribution in [2.45, 2.75) is 23.3 Å². The van der Waals surface area contributed by atoms with Gasteiger partial charge in [0.1, 0.15) is 11.6 Å². The number of rotatable bonds is 5. The van der Waals surface area contributed by atoms with Crippen LogP contribution >= 0.6 is 23.4 Å². The zero-order valence-corrected chi connectivity index (χ0v) is 12.5. The van der Waals surface area contributed by atoms with E-state index in [9.17, 15) is 8.78 Å². The normalized spacial score (nSPS) is 10.8. The summed E-state index contributed by atoms with van der Waals surface area (Å²) in [5, 5.41) is 3.81. The quantitative estimate of drug-likeness (QED) is 0.844. The highest BCUT2D eigenvalue weighted by Crippen LogP contribution is 2.32. The number of benzene rings is 2. The van der Waals surface area contributed by atoms with E-state index in [-0.39, 0.29) is 4.90 Å². The third kappa shape index (κ3) is 3.95. The molecule has 2 aromatic rings. The third-order valence-corrected chi connectivity index (χ3v) is 4.09. The van der Waals surface area contributed by atoms with Gasteiger partial charge in [0.15, 0.2) is 0 Å². The molecule has 20 heavy (non-hydrogen) atoms. The molecule has 0 saturated heterocycles. The molecule has 0 aliphatic carbocycles. The zero-order valence-electron chi connectivity index (χ0n) is 10.9. The SMILES string of the molecule is CCNCc1ccc(Sc2cc(F)ccc2F)cc1Cl. The van der Waals surface area contributed by atoms with E-state index < -0.39 is 11.6 Å². The Morgan fingerprint density at radius 2 is 1.95 bits per heavy atom. The lowest BCUT2D eigenvalue weighted by atomic mass is 10.2. The van der Waals surface area contributed by atoms with Gasteiger partial charge in [-0.3, -0.25) is 0 Å². The van der Waals surface area contributed by atoms with Crippen LogP contribution in [0.4, 0.5) is 8.78 Å². The fourth-order valence-corrected chi connectivity index (χ4v) is 2.89. The first-order chi connectivity index (χ1) is 9.60. The molecule has 2 aromatic carbocycles.